The molecule has 2 aromatic rings. The number of nitrogens with zero attached hydrogens (tertiary/aromatic N) is 2. The van der Waals surface area contributed by atoms with Gasteiger partial charge in [0.1, 0.15) is 0 Å². The first kappa shape index (κ1) is 11.4. The average Bonchev–Trinajstić information content (AvgIpc) is 2.87. The van der Waals surface area contributed by atoms with Crippen molar-refractivity contribution in [1.82, 2.24) is 14.9 Å². The Morgan fingerprint density at radius 2 is 2.38 bits per heavy atom. The van der Waals surface area contributed by atoms with Crippen molar-refractivity contribution in [3.05, 3.63) is 40.6 Å². The molecule has 0 saturated carbocycles. The van der Waals surface area contributed by atoms with Gasteiger partial charge in [-0.25, -0.2) is 4.98 Å². The van der Waals surface area contributed by atoms with Crippen LogP contribution in [0.25, 0.3) is 0 Å². The fourth-order valence-corrected chi connectivity index (χ4v) is 2.22. The van der Waals surface area contributed by atoms with E-state index in [1.54, 1.807) is 11.3 Å². The first-order chi connectivity index (χ1) is 7.75. The molecule has 0 saturated heterocycles. The number of rotatable bonds is 5. The molecule has 3 nitrogen and oxygen atoms in total. The maximum atomic E-state index is 4.21. The molecule has 0 bridgehead atoms. The topological polar surface area (TPSA) is 29.9 Å². The lowest BCUT2D eigenvalue weighted by Crippen LogP contribution is -2.23. The number of hydrogen-bond acceptors (Lipinski definition) is 3. The fourth-order valence-electron chi connectivity index (χ4n) is 1.52. The van der Waals surface area contributed by atoms with Crippen LogP contribution in [0.1, 0.15) is 24.4 Å². The molecule has 2 heterocycles. The van der Waals surface area contributed by atoms with E-state index in [2.05, 4.69) is 46.2 Å². The van der Waals surface area contributed by atoms with Gasteiger partial charge in [-0.05, 0) is 11.4 Å². The average molecular weight is 235 g/mol. The Morgan fingerprint density at radius 3 is 3.06 bits per heavy atom. The van der Waals surface area contributed by atoms with Gasteiger partial charge in [0.25, 0.3) is 0 Å². The molecule has 0 atom stereocenters. The van der Waals surface area contributed by atoms with Crippen LogP contribution >= 0.6 is 11.3 Å². The molecule has 1 N–H and O–H groups in total. The molecule has 0 amide bonds. The minimum absolute atomic E-state index is 0.505. The smallest absolute Gasteiger partial charge is 0.0952 e. The number of thiophene rings is 1. The lowest BCUT2D eigenvalue weighted by molar-refractivity contribution is 0.565. The van der Waals surface area contributed by atoms with Gasteiger partial charge in [0.2, 0.25) is 0 Å². The molecule has 16 heavy (non-hydrogen) atoms. The van der Waals surface area contributed by atoms with Crippen molar-refractivity contribution < 1.29 is 0 Å². The SMILES string of the molecule is CC(C)NCc1cncn1Cc1cccs1. The van der Waals surface area contributed by atoms with E-state index in [0.717, 1.165) is 13.1 Å². The van der Waals surface area contributed by atoms with Crippen molar-refractivity contribution in [2.75, 3.05) is 0 Å². The number of nitrogens with one attached hydrogen (secondary N) is 1. The zero-order valence-electron chi connectivity index (χ0n) is 9.68. The lowest BCUT2D eigenvalue weighted by Gasteiger charge is -2.10. The van der Waals surface area contributed by atoms with E-state index in [-0.39, 0.29) is 0 Å². The third kappa shape index (κ3) is 2.93. The molecular formula is C12H17N3S. The summed E-state index contributed by atoms with van der Waals surface area (Å²) in [4.78, 5) is 5.57. The van der Waals surface area contributed by atoms with Crippen molar-refractivity contribution in [2.24, 2.45) is 0 Å². The Morgan fingerprint density at radius 1 is 1.50 bits per heavy atom. The zero-order chi connectivity index (χ0) is 11.4. The summed E-state index contributed by atoms with van der Waals surface area (Å²) in [7, 11) is 0. The second-order valence-corrected chi connectivity index (χ2v) is 5.16. The molecular weight excluding hydrogens is 218 g/mol. The Kier molecular flexibility index (Phi) is 3.74. The van der Waals surface area contributed by atoms with Crippen molar-refractivity contribution in [1.29, 1.82) is 0 Å². The highest BCUT2D eigenvalue weighted by Crippen LogP contribution is 2.12. The Bertz CT molecular complexity index is 417. The Balaban J connectivity index is 2.01. The third-order valence-corrected chi connectivity index (χ3v) is 3.26. The lowest BCUT2D eigenvalue weighted by atomic mass is 10.3. The van der Waals surface area contributed by atoms with Crippen LogP contribution < -0.4 is 5.32 Å². The van der Waals surface area contributed by atoms with Gasteiger partial charge in [-0.15, -0.1) is 11.3 Å². The van der Waals surface area contributed by atoms with Crippen LogP contribution in [0.2, 0.25) is 0 Å². The first-order valence-electron chi connectivity index (χ1n) is 5.50. The van der Waals surface area contributed by atoms with Crippen LogP contribution in [0.15, 0.2) is 30.0 Å². The summed E-state index contributed by atoms with van der Waals surface area (Å²) in [5.41, 5.74) is 1.24. The summed E-state index contributed by atoms with van der Waals surface area (Å²) in [6.45, 7) is 6.11. The van der Waals surface area contributed by atoms with Gasteiger partial charge >= 0.3 is 0 Å². The summed E-state index contributed by atoms with van der Waals surface area (Å²) in [6, 6.07) is 4.75. The molecule has 0 fully saturated rings. The molecule has 2 aromatic heterocycles. The predicted molar refractivity (Wildman–Crippen MR) is 67.6 cm³/mol. The molecule has 86 valence electrons. The summed E-state index contributed by atoms with van der Waals surface area (Å²) >= 11 is 1.79. The Hall–Kier alpha value is -1.13. The summed E-state index contributed by atoms with van der Waals surface area (Å²) < 4.78 is 2.20. The molecule has 0 unspecified atom stereocenters. The van der Waals surface area contributed by atoms with Crippen molar-refractivity contribution in [2.45, 2.75) is 33.0 Å². The molecule has 0 spiro atoms. The zero-order valence-corrected chi connectivity index (χ0v) is 10.5. The summed E-state index contributed by atoms with van der Waals surface area (Å²) in [6.07, 6.45) is 3.83. The summed E-state index contributed by atoms with van der Waals surface area (Å²) in [5.74, 6) is 0. The Labute approximate surface area is 100 Å². The highest BCUT2D eigenvalue weighted by Gasteiger charge is 2.03. The molecule has 0 aromatic carbocycles. The van der Waals surface area contributed by atoms with Crippen LogP contribution in [-0.4, -0.2) is 15.6 Å². The van der Waals surface area contributed by atoms with Gasteiger partial charge in [0.05, 0.1) is 18.6 Å². The van der Waals surface area contributed by atoms with E-state index in [1.807, 2.05) is 12.5 Å². The largest absolute Gasteiger partial charge is 0.328 e. The normalized spacial score (nSPS) is 11.2. The maximum Gasteiger partial charge on any atom is 0.0952 e. The third-order valence-electron chi connectivity index (χ3n) is 2.40. The quantitative estimate of drug-likeness (QED) is 0.863. The van der Waals surface area contributed by atoms with Crippen LogP contribution in [0.4, 0.5) is 0 Å². The van der Waals surface area contributed by atoms with E-state index in [0.29, 0.717) is 6.04 Å². The highest BCUT2D eigenvalue weighted by atomic mass is 32.1. The van der Waals surface area contributed by atoms with Gasteiger partial charge in [-0.2, -0.15) is 0 Å². The van der Waals surface area contributed by atoms with E-state index >= 15 is 0 Å². The van der Waals surface area contributed by atoms with E-state index in [1.165, 1.54) is 10.6 Å². The standard InChI is InChI=1S/C12H17N3S/c1-10(2)14-7-11-6-13-9-15(11)8-12-4-3-5-16-12/h3-6,9-10,14H,7-8H2,1-2H3. The molecule has 0 radical (unpaired) electrons. The minimum atomic E-state index is 0.505. The van der Waals surface area contributed by atoms with Crippen LogP contribution in [0, 0.1) is 0 Å². The predicted octanol–water partition coefficient (Wildman–Crippen LogP) is 2.49. The van der Waals surface area contributed by atoms with Gasteiger partial charge in [-0.3, -0.25) is 0 Å². The second kappa shape index (κ2) is 5.27. The fraction of sp³-hybridized carbons (Fsp3) is 0.417. The molecule has 4 heteroatoms. The van der Waals surface area contributed by atoms with Crippen LogP contribution in [0.5, 0.6) is 0 Å². The first-order valence-corrected chi connectivity index (χ1v) is 6.38. The molecule has 0 aliphatic carbocycles. The number of hydrogen-bond donors (Lipinski definition) is 1. The van der Waals surface area contributed by atoms with Gasteiger partial charge in [0, 0.05) is 23.7 Å². The summed E-state index contributed by atoms with van der Waals surface area (Å²) in [5, 5.41) is 5.52. The van der Waals surface area contributed by atoms with E-state index < -0.39 is 0 Å². The van der Waals surface area contributed by atoms with Gasteiger partial charge in [0.15, 0.2) is 0 Å². The van der Waals surface area contributed by atoms with Crippen molar-refractivity contribution in [3.63, 3.8) is 0 Å². The van der Waals surface area contributed by atoms with Crippen molar-refractivity contribution in [3.8, 4) is 0 Å². The maximum absolute atomic E-state index is 4.21. The highest BCUT2D eigenvalue weighted by molar-refractivity contribution is 7.09. The number of imidazole rings is 1. The van der Waals surface area contributed by atoms with Crippen molar-refractivity contribution >= 4 is 11.3 Å². The van der Waals surface area contributed by atoms with Crippen LogP contribution in [0.3, 0.4) is 0 Å². The minimum Gasteiger partial charge on any atom is -0.328 e. The van der Waals surface area contributed by atoms with Crippen LogP contribution in [-0.2, 0) is 13.1 Å². The van der Waals surface area contributed by atoms with E-state index in [4.69, 9.17) is 0 Å². The second-order valence-electron chi connectivity index (χ2n) is 4.13. The molecule has 0 aliphatic heterocycles. The van der Waals surface area contributed by atoms with Gasteiger partial charge < -0.3 is 9.88 Å². The monoisotopic (exact) mass is 235 g/mol. The molecule has 2 rings (SSSR count). The van der Waals surface area contributed by atoms with E-state index in [9.17, 15) is 0 Å². The van der Waals surface area contributed by atoms with Gasteiger partial charge in [-0.1, -0.05) is 19.9 Å². The number of aromatic nitrogens is 2. The molecule has 0 aliphatic rings.